The molecule has 0 aliphatic rings. The van der Waals surface area contributed by atoms with E-state index in [4.69, 9.17) is 0 Å². The fraction of sp³-hybridized carbons (Fsp3) is 0.100. The van der Waals surface area contributed by atoms with E-state index in [0.717, 1.165) is 22.5 Å². The molecular formula is C20H17N3S. The van der Waals surface area contributed by atoms with E-state index < -0.39 is 0 Å². The van der Waals surface area contributed by atoms with Crippen molar-refractivity contribution in [3.63, 3.8) is 0 Å². The van der Waals surface area contributed by atoms with Crippen LogP contribution in [0.3, 0.4) is 0 Å². The van der Waals surface area contributed by atoms with Crippen molar-refractivity contribution in [1.29, 1.82) is 5.26 Å². The standard InChI is InChI=1S/C20H17N3S/c1-14-8-9-15(2)18(10-14)22-12-17(11-21)20-23-19(13-24-20)16-6-4-3-5-7-16/h3-10,12-13,22H,1-2H3/b17-12+. The van der Waals surface area contributed by atoms with Crippen LogP contribution >= 0.6 is 11.3 Å². The van der Waals surface area contributed by atoms with Gasteiger partial charge in [-0.3, -0.25) is 0 Å². The van der Waals surface area contributed by atoms with Gasteiger partial charge in [0, 0.05) is 22.8 Å². The van der Waals surface area contributed by atoms with Crippen LogP contribution < -0.4 is 5.32 Å². The number of thiazole rings is 1. The van der Waals surface area contributed by atoms with Gasteiger partial charge in [-0.2, -0.15) is 5.26 Å². The second-order valence-electron chi connectivity index (χ2n) is 5.54. The van der Waals surface area contributed by atoms with Gasteiger partial charge in [-0.1, -0.05) is 42.5 Å². The van der Waals surface area contributed by atoms with Gasteiger partial charge < -0.3 is 5.32 Å². The molecule has 0 amide bonds. The third-order valence-corrected chi connectivity index (χ3v) is 4.57. The molecule has 1 aromatic heterocycles. The molecular weight excluding hydrogens is 314 g/mol. The summed E-state index contributed by atoms with van der Waals surface area (Å²) in [6, 6.07) is 18.4. The molecule has 0 aliphatic carbocycles. The van der Waals surface area contributed by atoms with Crippen LogP contribution in [0.4, 0.5) is 5.69 Å². The highest BCUT2D eigenvalue weighted by Gasteiger charge is 2.09. The van der Waals surface area contributed by atoms with Gasteiger partial charge in [-0.05, 0) is 31.0 Å². The zero-order chi connectivity index (χ0) is 16.9. The highest BCUT2D eigenvalue weighted by molar-refractivity contribution is 7.11. The first-order chi connectivity index (χ1) is 11.7. The second kappa shape index (κ2) is 7.12. The summed E-state index contributed by atoms with van der Waals surface area (Å²) in [5.74, 6) is 0. The van der Waals surface area contributed by atoms with E-state index in [-0.39, 0.29) is 0 Å². The average Bonchev–Trinajstić information content (AvgIpc) is 3.09. The van der Waals surface area contributed by atoms with Crippen molar-refractivity contribution in [2.24, 2.45) is 0 Å². The van der Waals surface area contributed by atoms with Crippen molar-refractivity contribution in [3.8, 4) is 17.3 Å². The number of nitriles is 1. The Morgan fingerprint density at radius 3 is 2.71 bits per heavy atom. The molecule has 0 radical (unpaired) electrons. The first-order valence-corrected chi connectivity index (χ1v) is 8.51. The molecule has 3 nitrogen and oxygen atoms in total. The number of nitrogens with one attached hydrogen (secondary N) is 1. The number of aromatic nitrogens is 1. The summed E-state index contributed by atoms with van der Waals surface area (Å²) in [5, 5.41) is 15.4. The molecule has 0 spiro atoms. The Morgan fingerprint density at radius 1 is 1.17 bits per heavy atom. The maximum Gasteiger partial charge on any atom is 0.136 e. The van der Waals surface area contributed by atoms with E-state index in [0.29, 0.717) is 10.6 Å². The summed E-state index contributed by atoms with van der Waals surface area (Å²) in [5.41, 5.74) is 5.79. The highest BCUT2D eigenvalue weighted by atomic mass is 32.1. The Labute approximate surface area is 145 Å². The molecule has 1 N–H and O–H groups in total. The zero-order valence-corrected chi connectivity index (χ0v) is 14.4. The lowest BCUT2D eigenvalue weighted by Gasteiger charge is -2.06. The molecule has 0 atom stereocenters. The fourth-order valence-electron chi connectivity index (χ4n) is 2.32. The van der Waals surface area contributed by atoms with Crippen LogP contribution in [0.2, 0.25) is 0 Å². The summed E-state index contributed by atoms with van der Waals surface area (Å²) < 4.78 is 0. The van der Waals surface area contributed by atoms with Gasteiger partial charge in [0.1, 0.15) is 16.6 Å². The van der Waals surface area contributed by atoms with Crippen LogP contribution in [0.15, 0.2) is 60.1 Å². The summed E-state index contributed by atoms with van der Waals surface area (Å²) in [6.07, 6.45) is 1.73. The number of anilines is 1. The van der Waals surface area contributed by atoms with E-state index in [1.807, 2.05) is 49.6 Å². The van der Waals surface area contributed by atoms with Crippen LogP contribution in [0.5, 0.6) is 0 Å². The lowest BCUT2D eigenvalue weighted by Crippen LogP contribution is -1.94. The molecule has 0 saturated carbocycles. The van der Waals surface area contributed by atoms with Crippen molar-refractivity contribution >= 4 is 22.6 Å². The van der Waals surface area contributed by atoms with Gasteiger partial charge >= 0.3 is 0 Å². The summed E-state index contributed by atoms with van der Waals surface area (Å²) in [6.45, 7) is 4.09. The van der Waals surface area contributed by atoms with E-state index in [1.165, 1.54) is 16.9 Å². The van der Waals surface area contributed by atoms with E-state index >= 15 is 0 Å². The molecule has 1 heterocycles. The number of benzene rings is 2. The molecule has 0 aliphatic heterocycles. The molecule has 0 unspecified atom stereocenters. The Balaban J connectivity index is 1.86. The van der Waals surface area contributed by atoms with E-state index in [1.54, 1.807) is 6.20 Å². The number of allylic oxidation sites excluding steroid dienone is 1. The molecule has 0 saturated heterocycles. The second-order valence-corrected chi connectivity index (χ2v) is 6.39. The highest BCUT2D eigenvalue weighted by Crippen LogP contribution is 2.26. The first-order valence-electron chi connectivity index (χ1n) is 7.63. The largest absolute Gasteiger partial charge is 0.360 e. The quantitative estimate of drug-likeness (QED) is 0.651. The van der Waals surface area contributed by atoms with Crippen LogP contribution in [0.25, 0.3) is 16.8 Å². The predicted molar refractivity (Wildman–Crippen MR) is 101 cm³/mol. The monoisotopic (exact) mass is 331 g/mol. The molecule has 3 aromatic rings. The lowest BCUT2D eigenvalue weighted by molar-refractivity contribution is 1.35. The molecule has 0 bridgehead atoms. The molecule has 3 rings (SSSR count). The zero-order valence-electron chi connectivity index (χ0n) is 13.6. The van der Waals surface area contributed by atoms with Gasteiger partial charge in [-0.25, -0.2) is 4.98 Å². The minimum absolute atomic E-state index is 0.531. The SMILES string of the molecule is Cc1ccc(C)c(N/C=C(\C#N)c2nc(-c3ccccc3)cs2)c1. The number of hydrogen-bond donors (Lipinski definition) is 1. The van der Waals surface area contributed by atoms with Crippen LogP contribution in [-0.4, -0.2) is 4.98 Å². The molecule has 2 aromatic carbocycles. The van der Waals surface area contributed by atoms with Crippen molar-refractivity contribution in [2.75, 3.05) is 5.32 Å². The van der Waals surface area contributed by atoms with Crippen LogP contribution in [0.1, 0.15) is 16.1 Å². The molecule has 24 heavy (non-hydrogen) atoms. The van der Waals surface area contributed by atoms with Gasteiger partial charge in [0.15, 0.2) is 0 Å². The van der Waals surface area contributed by atoms with Crippen LogP contribution in [-0.2, 0) is 0 Å². The normalized spacial score (nSPS) is 11.1. The molecule has 118 valence electrons. The topological polar surface area (TPSA) is 48.7 Å². The number of nitrogens with zero attached hydrogens (tertiary/aromatic N) is 2. The Kier molecular flexibility index (Phi) is 4.74. The molecule has 0 fully saturated rings. The maximum absolute atomic E-state index is 9.47. The van der Waals surface area contributed by atoms with Gasteiger partial charge in [0.25, 0.3) is 0 Å². The van der Waals surface area contributed by atoms with E-state index in [2.05, 4.69) is 34.6 Å². The minimum atomic E-state index is 0.531. The van der Waals surface area contributed by atoms with Crippen molar-refractivity contribution < 1.29 is 0 Å². The van der Waals surface area contributed by atoms with Gasteiger partial charge in [-0.15, -0.1) is 11.3 Å². The summed E-state index contributed by atoms with van der Waals surface area (Å²) >= 11 is 1.48. The maximum atomic E-state index is 9.47. The predicted octanol–water partition coefficient (Wildman–Crippen LogP) is 5.40. The smallest absolute Gasteiger partial charge is 0.136 e. The van der Waals surface area contributed by atoms with Crippen molar-refractivity contribution in [2.45, 2.75) is 13.8 Å². The Bertz CT molecular complexity index is 918. The Hall–Kier alpha value is -2.90. The lowest BCUT2D eigenvalue weighted by atomic mass is 10.1. The van der Waals surface area contributed by atoms with Crippen molar-refractivity contribution in [1.82, 2.24) is 4.98 Å². The Morgan fingerprint density at radius 2 is 1.96 bits per heavy atom. The third-order valence-electron chi connectivity index (χ3n) is 3.69. The minimum Gasteiger partial charge on any atom is -0.360 e. The summed E-state index contributed by atoms with van der Waals surface area (Å²) in [7, 11) is 0. The van der Waals surface area contributed by atoms with Crippen molar-refractivity contribution in [3.05, 3.63) is 76.2 Å². The van der Waals surface area contributed by atoms with Gasteiger partial charge in [0.2, 0.25) is 0 Å². The average molecular weight is 331 g/mol. The number of aryl methyl sites for hydroxylation is 2. The van der Waals surface area contributed by atoms with Gasteiger partial charge in [0.05, 0.1) is 5.69 Å². The molecule has 4 heteroatoms. The number of rotatable bonds is 4. The summed E-state index contributed by atoms with van der Waals surface area (Å²) in [4.78, 5) is 4.59. The van der Waals surface area contributed by atoms with Crippen LogP contribution in [0, 0.1) is 25.2 Å². The third kappa shape index (κ3) is 3.53. The first kappa shape index (κ1) is 16.0. The fourth-order valence-corrected chi connectivity index (χ4v) is 3.12. The van der Waals surface area contributed by atoms with E-state index in [9.17, 15) is 5.26 Å². The number of hydrogen-bond acceptors (Lipinski definition) is 4.